The molecule has 0 fully saturated rings. The second-order valence-electron chi connectivity index (χ2n) is 7.01. The molecule has 0 heterocycles. The minimum atomic E-state index is 1.04. The van der Waals surface area contributed by atoms with Crippen molar-refractivity contribution in [1.29, 1.82) is 0 Å². The first-order valence-corrected chi connectivity index (χ1v) is 9.21. The maximum atomic E-state index is 3.48. The van der Waals surface area contributed by atoms with Crippen molar-refractivity contribution in [2.75, 3.05) is 0 Å². The second kappa shape index (κ2) is 6.31. The first-order valence-electron chi connectivity index (χ1n) is 9.21. The summed E-state index contributed by atoms with van der Waals surface area (Å²) in [5.41, 5.74) is 3.40. The van der Waals surface area contributed by atoms with Crippen LogP contribution in [0.3, 0.4) is 0 Å². The fourth-order valence-corrected chi connectivity index (χ4v) is 3.66. The van der Waals surface area contributed by atoms with E-state index in [1.807, 2.05) is 0 Å². The van der Waals surface area contributed by atoms with E-state index < -0.39 is 0 Å². The van der Waals surface area contributed by atoms with Gasteiger partial charge in [-0.2, -0.15) is 0 Å². The minimum absolute atomic E-state index is 1.04. The summed E-state index contributed by atoms with van der Waals surface area (Å²) in [6.07, 6.45) is 0. The number of hydrogen-bond acceptors (Lipinski definition) is 0. The largest absolute Gasteiger partial charge is 0.0616 e. The Morgan fingerprint density at radius 1 is 0.519 bits per heavy atom. The van der Waals surface area contributed by atoms with Gasteiger partial charge >= 0.3 is 0 Å². The molecule has 0 amide bonds. The van der Waals surface area contributed by atoms with Crippen LogP contribution in [0.2, 0.25) is 0 Å². The van der Waals surface area contributed by atoms with Gasteiger partial charge in [0.1, 0.15) is 0 Å². The standard InChI is InChI=1S/C27H18/c1-19-10-12-20(13-11-19)14-15-26-25-9-5-4-8-23(25)17-24-16-21-6-2-3-7-22(21)18-27(24)26/h2-13,16-18H,1H3. The average Bonchev–Trinajstić information content (AvgIpc) is 2.71. The third-order valence-corrected chi connectivity index (χ3v) is 5.11. The Balaban J connectivity index is 1.84. The molecule has 5 aromatic carbocycles. The van der Waals surface area contributed by atoms with Gasteiger partial charge in [0, 0.05) is 11.1 Å². The third kappa shape index (κ3) is 2.84. The van der Waals surface area contributed by atoms with Crippen molar-refractivity contribution in [1.82, 2.24) is 0 Å². The van der Waals surface area contributed by atoms with Crippen molar-refractivity contribution in [3.8, 4) is 11.8 Å². The molecule has 0 aliphatic rings. The highest BCUT2D eigenvalue weighted by Crippen LogP contribution is 2.31. The summed E-state index contributed by atoms with van der Waals surface area (Å²) in [5.74, 6) is 6.85. The van der Waals surface area contributed by atoms with Gasteiger partial charge in [-0.1, -0.05) is 78.1 Å². The number of hydrogen-bond donors (Lipinski definition) is 0. The lowest BCUT2D eigenvalue weighted by atomic mass is 9.94. The predicted molar refractivity (Wildman–Crippen MR) is 116 cm³/mol. The first kappa shape index (κ1) is 15.7. The molecule has 0 radical (unpaired) electrons. The Kier molecular flexibility index (Phi) is 3.66. The van der Waals surface area contributed by atoms with Crippen LogP contribution in [-0.4, -0.2) is 0 Å². The van der Waals surface area contributed by atoms with Gasteiger partial charge in [0.05, 0.1) is 0 Å². The highest BCUT2D eigenvalue weighted by atomic mass is 14.1. The van der Waals surface area contributed by atoms with Gasteiger partial charge in [0.25, 0.3) is 0 Å². The van der Waals surface area contributed by atoms with Crippen LogP contribution in [0, 0.1) is 18.8 Å². The number of fused-ring (bicyclic) bond motifs is 3. The van der Waals surface area contributed by atoms with Crippen molar-refractivity contribution in [3.05, 3.63) is 108 Å². The van der Waals surface area contributed by atoms with Crippen LogP contribution in [-0.2, 0) is 0 Å². The number of aryl methyl sites for hydroxylation is 1. The topological polar surface area (TPSA) is 0 Å². The van der Waals surface area contributed by atoms with Crippen LogP contribution in [0.1, 0.15) is 16.7 Å². The molecule has 126 valence electrons. The van der Waals surface area contributed by atoms with E-state index >= 15 is 0 Å². The molecule has 0 bridgehead atoms. The molecule has 5 aromatic rings. The molecule has 0 saturated heterocycles. The van der Waals surface area contributed by atoms with Crippen LogP contribution in [0.25, 0.3) is 32.3 Å². The van der Waals surface area contributed by atoms with Crippen molar-refractivity contribution < 1.29 is 0 Å². The maximum Gasteiger partial charge on any atom is 0.0406 e. The van der Waals surface area contributed by atoms with E-state index in [1.165, 1.54) is 37.9 Å². The quantitative estimate of drug-likeness (QED) is 0.213. The lowest BCUT2D eigenvalue weighted by molar-refractivity contribution is 1.46. The average molecular weight is 342 g/mol. The first-order chi connectivity index (χ1) is 13.3. The van der Waals surface area contributed by atoms with Crippen LogP contribution in [0.4, 0.5) is 0 Å². The smallest absolute Gasteiger partial charge is 0.0406 e. The molecule has 0 spiro atoms. The Morgan fingerprint density at radius 2 is 1.15 bits per heavy atom. The van der Waals surface area contributed by atoms with Gasteiger partial charge in [-0.15, -0.1) is 0 Å². The summed E-state index contributed by atoms with van der Waals surface area (Å²) >= 11 is 0. The van der Waals surface area contributed by atoms with Gasteiger partial charge in [-0.3, -0.25) is 0 Å². The molecule has 5 rings (SSSR count). The Morgan fingerprint density at radius 3 is 1.93 bits per heavy atom. The zero-order valence-electron chi connectivity index (χ0n) is 15.2. The maximum absolute atomic E-state index is 3.48. The summed E-state index contributed by atoms with van der Waals surface area (Å²) in [5, 5.41) is 7.40. The predicted octanol–water partition coefficient (Wildman–Crippen LogP) is 6.85. The lowest BCUT2D eigenvalue weighted by Gasteiger charge is -2.09. The van der Waals surface area contributed by atoms with E-state index in [2.05, 4.69) is 110 Å². The zero-order chi connectivity index (χ0) is 18.2. The van der Waals surface area contributed by atoms with E-state index in [0.29, 0.717) is 0 Å². The molecule has 27 heavy (non-hydrogen) atoms. The molecule has 0 atom stereocenters. The fraction of sp³-hybridized carbons (Fsp3) is 0.0370. The SMILES string of the molecule is Cc1ccc(C#Cc2c3ccccc3cc3cc4ccccc4cc23)cc1. The van der Waals surface area contributed by atoms with E-state index in [1.54, 1.807) is 0 Å². The fourth-order valence-electron chi connectivity index (χ4n) is 3.66. The van der Waals surface area contributed by atoms with E-state index in [4.69, 9.17) is 0 Å². The highest BCUT2D eigenvalue weighted by molar-refractivity contribution is 6.09. The summed E-state index contributed by atoms with van der Waals surface area (Å²) in [7, 11) is 0. The van der Waals surface area contributed by atoms with Crippen LogP contribution in [0.15, 0.2) is 91.0 Å². The summed E-state index contributed by atoms with van der Waals surface area (Å²) in [6.45, 7) is 2.10. The van der Waals surface area contributed by atoms with Crippen molar-refractivity contribution in [2.24, 2.45) is 0 Å². The molecule has 0 heteroatoms. The second-order valence-corrected chi connectivity index (χ2v) is 7.01. The Bertz CT molecular complexity index is 1360. The van der Waals surface area contributed by atoms with Gasteiger partial charge < -0.3 is 0 Å². The molecule has 0 unspecified atom stereocenters. The molecule has 0 aliphatic heterocycles. The lowest BCUT2D eigenvalue weighted by Crippen LogP contribution is -1.86. The zero-order valence-corrected chi connectivity index (χ0v) is 15.2. The van der Waals surface area contributed by atoms with Crippen molar-refractivity contribution in [2.45, 2.75) is 6.92 Å². The molecule has 0 N–H and O–H groups in total. The Labute approximate surface area is 159 Å². The van der Waals surface area contributed by atoms with E-state index in [9.17, 15) is 0 Å². The van der Waals surface area contributed by atoms with Crippen LogP contribution >= 0.6 is 0 Å². The number of rotatable bonds is 0. The molecule has 0 aromatic heterocycles. The summed E-state index contributed by atoms with van der Waals surface area (Å²) in [6, 6.07) is 32.2. The highest BCUT2D eigenvalue weighted by Gasteiger charge is 2.07. The minimum Gasteiger partial charge on any atom is -0.0616 e. The molecule has 0 aliphatic carbocycles. The normalized spacial score (nSPS) is 10.9. The molecular formula is C27H18. The van der Waals surface area contributed by atoms with Crippen LogP contribution < -0.4 is 0 Å². The monoisotopic (exact) mass is 342 g/mol. The number of benzene rings is 5. The molecular weight excluding hydrogens is 324 g/mol. The molecule has 0 saturated carbocycles. The van der Waals surface area contributed by atoms with Crippen molar-refractivity contribution in [3.63, 3.8) is 0 Å². The summed E-state index contributed by atoms with van der Waals surface area (Å²) < 4.78 is 0. The van der Waals surface area contributed by atoms with Gasteiger partial charge in [0.15, 0.2) is 0 Å². The third-order valence-electron chi connectivity index (χ3n) is 5.11. The van der Waals surface area contributed by atoms with Crippen LogP contribution in [0.5, 0.6) is 0 Å². The van der Waals surface area contributed by atoms with Gasteiger partial charge in [-0.05, 0) is 69.6 Å². The van der Waals surface area contributed by atoms with Crippen molar-refractivity contribution >= 4 is 32.3 Å². The van der Waals surface area contributed by atoms with Gasteiger partial charge in [-0.25, -0.2) is 0 Å². The Hall–Kier alpha value is -3.56. The van der Waals surface area contributed by atoms with E-state index in [0.717, 1.165) is 11.1 Å². The summed E-state index contributed by atoms with van der Waals surface area (Å²) in [4.78, 5) is 0. The van der Waals surface area contributed by atoms with Gasteiger partial charge in [0.2, 0.25) is 0 Å². The molecule has 0 nitrogen and oxygen atoms in total. The van der Waals surface area contributed by atoms with E-state index in [-0.39, 0.29) is 0 Å².